The predicted molar refractivity (Wildman–Crippen MR) is 75.0 cm³/mol. The molecule has 100 valence electrons. The van der Waals surface area contributed by atoms with Gasteiger partial charge >= 0.3 is 0 Å². The fourth-order valence-corrected chi connectivity index (χ4v) is 1.62. The van der Waals surface area contributed by atoms with E-state index in [0.29, 0.717) is 5.56 Å². The molecule has 1 aliphatic rings. The lowest BCUT2D eigenvalue weighted by Crippen LogP contribution is -2.13. The molecule has 1 aliphatic carbocycles. The summed E-state index contributed by atoms with van der Waals surface area (Å²) in [6.07, 6.45) is 5.21. The normalized spacial score (nSPS) is 14.4. The predicted octanol–water partition coefficient (Wildman–Crippen LogP) is 2.29. The molecule has 0 bridgehead atoms. The summed E-state index contributed by atoms with van der Waals surface area (Å²) in [5, 5.41) is 2.84. The largest absolute Gasteiger partial charge is 0.383 e. The van der Waals surface area contributed by atoms with E-state index in [-0.39, 0.29) is 17.6 Å². The molecule has 0 atom stereocenters. The van der Waals surface area contributed by atoms with Crippen molar-refractivity contribution in [2.24, 2.45) is 5.92 Å². The molecule has 1 aromatic rings. The van der Waals surface area contributed by atoms with Crippen molar-refractivity contribution in [1.29, 1.82) is 0 Å². The van der Waals surface area contributed by atoms with Gasteiger partial charge in [-0.15, -0.1) is 0 Å². The SMILES string of the molecule is CN(C)C=CC(=O)c1ccc(NC(=O)C2CC2)cc1. The lowest BCUT2D eigenvalue weighted by Gasteiger charge is -2.05. The molecular weight excluding hydrogens is 240 g/mol. The smallest absolute Gasteiger partial charge is 0.227 e. The van der Waals surface area contributed by atoms with Gasteiger partial charge in [0.05, 0.1) is 0 Å². The minimum atomic E-state index is -0.0474. The summed E-state index contributed by atoms with van der Waals surface area (Å²) in [7, 11) is 3.72. The zero-order valence-corrected chi connectivity index (χ0v) is 11.2. The summed E-state index contributed by atoms with van der Waals surface area (Å²) >= 11 is 0. The van der Waals surface area contributed by atoms with Crippen LogP contribution >= 0.6 is 0 Å². The van der Waals surface area contributed by atoms with Crippen LogP contribution in [0, 0.1) is 5.92 Å². The third-order valence-corrected chi connectivity index (χ3v) is 2.91. The highest BCUT2D eigenvalue weighted by molar-refractivity contribution is 6.04. The first-order chi connectivity index (χ1) is 9.06. The Morgan fingerprint density at radius 2 is 1.84 bits per heavy atom. The molecule has 1 N–H and O–H groups in total. The highest BCUT2D eigenvalue weighted by Gasteiger charge is 2.29. The molecule has 0 spiro atoms. The van der Waals surface area contributed by atoms with Crippen LogP contribution in [0.25, 0.3) is 0 Å². The van der Waals surface area contributed by atoms with Crippen LogP contribution in [0.1, 0.15) is 23.2 Å². The Kier molecular flexibility index (Phi) is 4.00. The number of nitrogens with one attached hydrogen (secondary N) is 1. The van der Waals surface area contributed by atoms with Crippen LogP contribution < -0.4 is 5.32 Å². The molecule has 0 aromatic heterocycles. The third-order valence-electron chi connectivity index (χ3n) is 2.91. The van der Waals surface area contributed by atoms with E-state index in [1.807, 2.05) is 19.0 Å². The van der Waals surface area contributed by atoms with Crippen LogP contribution in [0.15, 0.2) is 36.5 Å². The average Bonchev–Trinajstić information content (AvgIpc) is 3.21. The van der Waals surface area contributed by atoms with Gasteiger partial charge in [0.2, 0.25) is 5.91 Å². The first-order valence-corrected chi connectivity index (χ1v) is 6.36. The van der Waals surface area contributed by atoms with Gasteiger partial charge in [-0.2, -0.15) is 0 Å². The van der Waals surface area contributed by atoms with E-state index < -0.39 is 0 Å². The van der Waals surface area contributed by atoms with Crippen molar-refractivity contribution >= 4 is 17.4 Å². The Morgan fingerprint density at radius 3 is 2.37 bits per heavy atom. The molecular formula is C15H18N2O2. The first-order valence-electron chi connectivity index (χ1n) is 6.36. The third kappa shape index (κ3) is 3.95. The summed E-state index contributed by atoms with van der Waals surface area (Å²) in [6, 6.07) is 6.98. The fourth-order valence-electron chi connectivity index (χ4n) is 1.62. The van der Waals surface area contributed by atoms with Crippen LogP contribution in [-0.2, 0) is 4.79 Å². The van der Waals surface area contributed by atoms with E-state index in [9.17, 15) is 9.59 Å². The molecule has 0 saturated heterocycles. The highest BCUT2D eigenvalue weighted by atomic mass is 16.2. The van der Waals surface area contributed by atoms with Crippen molar-refractivity contribution in [2.45, 2.75) is 12.8 Å². The number of hydrogen-bond acceptors (Lipinski definition) is 3. The van der Waals surface area contributed by atoms with Crippen molar-refractivity contribution in [2.75, 3.05) is 19.4 Å². The number of anilines is 1. The number of amides is 1. The van der Waals surface area contributed by atoms with Gasteiger partial charge in [0, 0.05) is 43.5 Å². The van der Waals surface area contributed by atoms with Crippen molar-refractivity contribution in [1.82, 2.24) is 4.90 Å². The van der Waals surface area contributed by atoms with E-state index in [1.165, 1.54) is 6.08 Å². The minimum absolute atomic E-state index is 0.0474. The molecule has 1 amide bonds. The van der Waals surface area contributed by atoms with E-state index in [2.05, 4.69) is 5.32 Å². The van der Waals surface area contributed by atoms with Crippen molar-refractivity contribution in [3.8, 4) is 0 Å². The Morgan fingerprint density at radius 1 is 1.21 bits per heavy atom. The van der Waals surface area contributed by atoms with E-state index in [4.69, 9.17) is 0 Å². The summed E-state index contributed by atoms with van der Waals surface area (Å²) in [6.45, 7) is 0. The second kappa shape index (κ2) is 5.69. The fraction of sp³-hybridized carbons (Fsp3) is 0.333. The van der Waals surface area contributed by atoms with E-state index >= 15 is 0 Å². The zero-order chi connectivity index (χ0) is 13.8. The summed E-state index contributed by atoms with van der Waals surface area (Å²) < 4.78 is 0. The zero-order valence-electron chi connectivity index (χ0n) is 11.2. The molecule has 0 unspecified atom stereocenters. The Labute approximate surface area is 113 Å². The van der Waals surface area contributed by atoms with E-state index in [0.717, 1.165) is 18.5 Å². The summed E-state index contributed by atoms with van der Waals surface area (Å²) in [4.78, 5) is 25.2. The second-order valence-electron chi connectivity index (χ2n) is 4.98. The molecule has 2 rings (SSSR count). The topological polar surface area (TPSA) is 49.4 Å². The Balaban J connectivity index is 1.97. The number of benzene rings is 1. The van der Waals surface area contributed by atoms with E-state index in [1.54, 1.807) is 30.5 Å². The number of carbonyl (C=O) groups excluding carboxylic acids is 2. The van der Waals surface area contributed by atoms with Crippen LogP contribution in [-0.4, -0.2) is 30.7 Å². The molecule has 4 nitrogen and oxygen atoms in total. The molecule has 0 radical (unpaired) electrons. The van der Waals surface area contributed by atoms with Gasteiger partial charge in [0.1, 0.15) is 0 Å². The maximum atomic E-state index is 11.8. The maximum absolute atomic E-state index is 11.8. The molecule has 1 fully saturated rings. The van der Waals surface area contributed by atoms with Gasteiger partial charge < -0.3 is 10.2 Å². The van der Waals surface area contributed by atoms with Gasteiger partial charge in [0.15, 0.2) is 5.78 Å². The maximum Gasteiger partial charge on any atom is 0.227 e. The van der Waals surface area contributed by atoms with Gasteiger partial charge in [-0.05, 0) is 37.1 Å². The number of hydrogen-bond donors (Lipinski definition) is 1. The molecule has 4 heteroatoms. The van der Waals surface area contributed by atoms with Gasteiger partial charge in [-0.3, -0.25) is 9.59 Å². The molecule has 0 heterocycles. The summed E-state index contributed by atoms with van der Waals surface area (Å²) in [5.74, 6) is 0.213. The van der Waals surface area contributed by atoms with Crippen molar-refractivity contribution in [3.05, 3.63) is 42.1 Å². The average molecular weight is 258 g/mol. The number of rotatable bonds is 5. The monoisotopic (exact) mass is 258 g/mol. The van der Waals surface area contributed by atoms with Crippen LogP contribution in [0.5, 0.6) is 0 Å². The number of carbonyl (C=O) groups is 2. The lowest BCUT2D eigenvalue weighted by atomic mass is 10.1. The van der Waals surface area contributed by atoms with Gasteiger partial charge in [-0.25, -0.2) is 0 Å². The summed E-state index contributed by atoms with van der Waals surface area (Å²) in [5.41, 5.74) is 1.35. The van der Waals surface area contributed by atoms with Gasteiger partial charge in [0.25, 0.3) is 0 Å². The molecule has 0 aliphatic heterocycles. The highest BCUT2D eigenvalue weighted by Crippen LogP contribution is 2.30. The molecule has 19 heavy (non-hydrogen) atoms. The quantitative estimate of drug-likeness (QED) is 0.651. The Bertz CT molecular complexity index is 499. The van der Waals surface area contributed by atoms with Crippen molar-refractivity contribution in [3.63, 3.8) is 0 Å². The number of nitrogens with zero attached hydrogens (tertiary/aromatic N) is 1. The van der Waals surface area contributed by atoms with Crippen LogP contribution in [0.4, 0.5) is 5.69 Å². The Hall–Kier alpha value is -2.10. The first kappa shape index (κ1) is 13.3. The second-order valence-corrected chi connectivity index (χ2v) is 4.98. The van der Waals surface area contributed by atoms with Gasteiger partial charge in [-0.1, -0.05) is 0 Å². The standard InChI is InChI=1S/C15H18N2O2/c1-17(2)10-9-14(18)11-5-7-13(8-6-11)16-15(19)12-3-4-12/h5-10,12H,3-4H2,1-2H3,(H,16,19). The number of allylic oxidation sites excluding steroid dienone is 1. The number of ketones is 1. The molecule has 1 aromatic carbocycles. The van der Waals surface area contributed by atoms with Crippen molar-refractivity contribution < 1.29 is 9.59 Å². The lowest BCUT2D eigenvalue weighted by molar-refractivity contribution is -0.117. The minimum Gasteiger partial charge on any atom is -0.383 e. The molecule has 1 saturated carbocycles. The van der Waals surface area contributed by atoms with Crippen LogP contribution in [0.3, 0.4) is 0 Å². The van der Waals surface area contributed by atoms with Crippen LogP contribution in [0.2, 0.25) is 0 Å².